The van der Waals surface area contributed by atoms with Gasteiger partial charge in [0.1, 0.15) is 0 Å². The summed E-state index contributed by atoms with van der Waals surface area (Å²) in [6, 6.07) is 1.52. The van der Waals surface area contributed by atoms with Gasteiger partial charge in [0, 0.05) is 30.6 Å². The van der Waals surface area contributed by atoms with Crippen molar-refractivity contribution in [2.45, 2.75) is 0 Å². The number of carbonyl (C=O) groups excluding carboxylic acids is 2. The molecule has 1 aromatic heterocycles. The quantitative estimate of drug-likeness (QED) is 0.742. The second-order valence-electron chi connectivity index (χ2n) is 3.32. The Morgan fingerprint density at radius 2 is 2.12 bits per heavy atom. The topological polar surface area (TPSA) is 79.3 Å². The van der Waals surface area contributed by atoms with Crippen molar-refractivity contribution in [3.63, 3.8) is 0 Å². The number of aliphatic hydroxyl groups is 1. The van der Waals surface area contributed by atoms with E-state index in [0.717, 1.165) is 0 Å². The Hall–Kier alpha value is -2.01. The maximum absolute atomic E-state index is 11.9. The van der Waals surface area contributed by atoms with Gasteiger partial charge in [0.05, 0.1) is 17.9 Å². The van der Waals surface area contributed by atoms with Gasteiger partial charge in [-0.25, -0.2) is 0 Å². The van der Waals surface area contributed by atoms with E-state index in [1.165, 1.54) is 24.5 Å². The number of nitrogens with one attached hydrogen (secondary N) is 1. The smallest absolute Gasteiger partial charge is 0.211 e. The number of rotatable bonds is 3. The second kappa shape index (κ2) is 4.24. The molecule has 5 nitrogen and oxygen atoms in total. The zero-order chi connectivity index (χ0) is 11.5. The zero-order valence-electron chi connectivity index (χ0n) is 8.43. The number of aromatic nitrogens is 1. The maximum atomic E-state index is 11.9. The molecule has 1 aliphatic carbocycles. The lowest BCUT2D eigenvalue weighted by molar-refractivity contribution is 0.0977. The highest BCUT2D eigenvalue weighted by Crippen LogP contribution is 2.18. The molecule has 0 aromatic carbocycles. The molecule has 1 heterocycles. The SMILES string of the molecule is O=C1C=C(NCCO)C(=O)c2cnccc21. The molecule has 1 aliphatic rings. The predicted octanol–water partition coefficient (Wildman–Crippen LogP) is -0.0736. The van der Waals surface area contributed by atoms with E-state index in [-0.39, 0.29) is 30.4 Å². The van der Waals surface area contributed by atoms with E-state index in [4.69, 9.17) is 5.11 Å². The molecule has 5 heteroatoms. The normalized spacial score (nSPS) is 14.4. The van der Waals surface area contributed by atoms with Gasteiger partial charge in [-0.05, 0) is 6.07 Å². The molecule has 0 saturated heterocycles. The lowest BCUT2D eigenvalue weighted by Gasteiger charge is -2.15. The fourth-order valence-electron chi connectivity index (χ4n) is 1.53. The number of aliphatic hydroxyl groups excluding tert-OH is 1. The number of carbonyl (C=O) groups is 2. The number of Topliss-reactive ketones (excluding diaryl/α,β-unsaturated/α-hetero) is 1. The van der Waals surface area contributed by atoms with Crippen LogP contribution in [0.25, 0.3) is 0 Å². The zero-order valence-corrected chi connectivity index (χ0v) is 8.43. The lowest BCUT2D eigenvalue weighted by atomic mass is 9.94. The van der Waals surface area contributed by atoms with Crippen molar-refractivity contribution in [2.75, 3.05) is 13.2 Å². The first-order valence-corrected chi connectivity index (χ1v) is 4.83. The Kier molecular flexibility index (Phi) is 2.78. The summed E-state index contributed by atoms with van der Waals surface area (Å²) >= 11 is 0. The first-order chi connectivity index (χ1) is 7.74. The molecule has 1 aromatic rings. The number of fused-ring (bicyclic) bond motifs is 1. The van der Waals surface area contributed by atoms with Gasteiger partial charge in [-0.2, -0.15) is 0 Å². The van der Waals surface area contributed by atoms with Gasteiger partial charge in [0.2, 0.25) is 5.78 Å². The third-order valence-corrected chi connectivity index (χ3v) is 2.28. The van der Waals surface area contributed by atoms with Crippen molar-refractivity contribution >= 4 is 11.6 Å². The van der Waals surface area contributed by atoms with Crippen molar-refractivity contribution < 1.29 is 14.7 Å². The number of ketones is 2. The van der Waals surface area contributed by atoms with E-state index in [1.54, 1.807) is 0 Å². The Labute approximate surface area is 91.8 Å². The van der Waals surface area contributed by atoms with Crippen LogP contribution in [0.15, 0.2) is 30.2 Å². The number of nitrogens with zero attached hydrogens (tertiary/aromatic N) is 1. The number of pyridine rings is 1. The molecule has 0 aliphatic heterocycles. The van der Waals surface area contributed by atoms with Crippen molar-refractivity contribution in [1.82, 2.24) is 10.3 Å². The van der Waals surface area contributed by atoms with Crippen LogP contribution in [0.1, 0.15) is 20.7 Å². The monoisotopic (exact) mass is 218 g/mol. The van der Waals surface area contributed by atoms with Crippen LogP contribution in [0, 0.1) is 0 Å². The molecular formula is C11H10N2O3. The number of allylic oxidation sites excluding steroid dienone is 2. The minimum Gasteiger partial charge on any atom is -0.395 e. The summed E-state index contributed by atoms with van der Waals surface area (Å²) in [5, 5.41) is 11.4. The van der Waals surface area contributed by atoms with Crippen LogP contribution in [0.5, 0.6) is 0 Å². The highest BCUT2D eigenvalue weighted by molar-refractivity contribution is 6.24. The van der Waals surface area contributed by atoms with Crippen molar-refractivity contribution in [3.05, 3.63) is 41.4 Å². The van der Waals surface area contributed by atoms with E-state index >= 15 is 0 Å². The van der Waals surface area contributed by atoms with E-state index in [1.807, 2.05) is 0 Å². The highest BCUT2D eigenvalue weighted by Gasteiger charge is 2.24. The van der Waals surface area contributed by atoms with Crippen molar-refractivity contribution in [2.24, 2.45) is 0 Å². The van der Waals surface area contributed by atoms with Crippen LogP contribution >= 0.6 is 0 Å². The van der Waals surface area contributed by atoms with Gasteiger partial charge < -0.3 is 10.4 Å². The largest absolute Gasteiger partial charge is 0.395 e. The van der Waals surface area contributed by atoms with Crippen LogP contribution in [0.2, 0.25) is 0 Å². The fraction of sp³-hybridized carbons (Fsp3) is 0.182. The molecule has 16 heavy (non-hydrogen) atoms. The van der Waals surface area contributed by atoms with E-state index in [9.17, 15) is 9.59 Å². The van der Waals surface area contributed by atoms with E-state index in [2.05, 4.69) is 10.3 Å². The van der Waals surface area contributed by atoms with Crippen LogP contribution < -0.4 is 5.32 Å². The average Bonchev–Trinajstić information content (AvgIpc) is 2.32. The van der Waals surface area contributed by atoms with Crippen LogP contribution in [0.4, 0.5) is 0 Å². The molecular weight excluding hydrogens is 208 g/mol. The Morgan fingerprint density at radius 3 is 2.88 bits per heavy atom. The molecule has 0 fully saturated rings. The summed E-state index contributed by atoms with van der Waals surface area (Å²) in [5.41, 5.74) is 0.879. The lowest BCUT2D eigenvalue weighted by Crippen LogP contribution is -2.28. The Balaban J connectivity index is 2.36. The van der Waals surface area contributed by atoms with E-state index < -0.39 is 0 Å². The van der Waals surface area contributed by atoms with Gasteiger partial charge in [-0.3, -0.25) is 14.6 Å². The van der Waals surface area contributed by atoms with Crippen LogP contribution in [-0.2, 0) is 0 Å². The summed E-state index contributed by atoms with van der Waals surface area (Å²) in [6.45, 7) is 0.138. The molecule has 2 N–H and O–H groups in total. The minimum absolute atomic E-state index is 0.0985. The van der Waals surface area contributed by atoms with Gasteiger partial charge >= 0.3 is 0 Å². The molecule has 0 unspecified atom stereocenters. The molecule has 0 radical (unpaired) electrons. The Morgan fingerprint density at radius 1 is 1.31 bits per heavy atom. The average molecular weight is 218 g/mol. The fourth-order valence-corrected chi connectivity index (χ4v) is 1.53. The third-order valence-electron chi connectivity index (χ3n) is 2.28. The van der Waals surface area contributed by atoms with Crippen molar-refractivity contribution in [1.29, 1.82) is 0 Å². The molecule has 0 amide bonds. The standard InChI is InChI=1S/C11H10N2O3/c14-4-3-13-9-5-10(15)7-1-2-12-6-8(7)11(9)16/h1-2,5-6,13-14H,3-4H2. The number of hydrogen-bond donors (Lipinski definition) is 2. The van der Waals surface area contributed by atoms with Crippen LogP contribution in [0.3, 0.4) is 0 Å². The predicted molar refractivity (Wildman–Crippen MR) is 56.1 cm³/mol. The number of hydrogen-bond acceptors (Lipinski definition) is 5. The molecule has 0 bridgehead atoms. The minimum atomic E-state index is -0.267. The molecule has 82 valence electrons. The molecule has 0 saturated carbocycles. The van der Waals surface area contributed by atoms with Gasteiger partial charge in [0.25, 0.3) is 0 Å². The third kappa shape index (κ3) is 1.72. The van der Waals surface area contributed by atoms with E-state index in [0.29, 0.717) is 11.1 Å². The second-order valence-corrected chi connectivity index (χ2v) is 3.32. The summed E-state index contributed by atoms with van der Waals surface area (Å²) in [6.07, 6.45) is 4.10. The first-order valence-electron chi connectivity index (χ1n) is 4.83. The molecule has 0 atom stereocenters. The maximum Gasteiger partial charge on any atom is 0.211 e. The summed E-state index contributed by atoms with van der Waals surface area (Å²) < 4.78 is 0. The van der Waals surface area contributed by atoms with Gasteiger partial charge in [0.15, 0.2) is 5.78 Å². The molecule has 0 spiro atoms. The summed E-state index contributed by atoms with van der Waals surface area (Å²) in [4.78, 5) is 27.3. The summed E-state index contributed by atoms with van der Waals surface area (Å²) in [5.74, 6) is -0.492. The Bertz CT molecular complexity index is 480. The van der Waals surface area contributed by atoms with Crippen LogP contribution in [-0.4, -0.2) is 34.8 Å². The highest BCUT2D eigenvalue weighted by atomic mass is 16.3. The van der Waals surface area contributed by atoms with Gasteiger partial charge in [-0.15, -0.1) is 0 Å². The van der Waals surface area contributed by atoms with Gasteiger partial charge in [-0.1, -0.05) is 0 Å². The van der Waals surface area contributed by atoms with Crippen molar-refractivity contribution in [3.8, 4) is 0 Å². The molecule has 2 rings (SSSR count). The summed E-state index contributed by atoms with van der Waals surface area (Å²) in [7, 11) is 0. The first kappa shape index (κ1) is 10.5.